The zero-order valence-electron chi connectivity index (χ0n) is 27.5. The Kier molecular flexibility index (Phi) is 9.27. The van der Waals surface area contributed by atoms with E-state index in [1.165, 1.54) is 39.5 Å². The summed E-state index contributed by atoms with van der Waals surface area (Å²) in [4.78, 5) is 76.1. The number of likely N-dealkylation sites (N-methyl/N-ethyl adjacent to an activating group) is 1. The number of aromatic nitrogens is 10. The molecule has 0 unspecified atom stereocenters. The molecule has 21 nitrogen and oxygen atoms in total. The number of aliphatic hydroxyl groups excluding tert-OH is 2. The van der Waals surface area contributed by atoms with Crippen LogP contribution >= 0.6 is 0 Å². The van der Waals surface area contributed by atoms with E-state index in [0.29, 0.717) is 12.1 Å². The van der Waals surface area contributed by atoms with Gasteiger partial charge in [0.15, 0.2) is 40.8 Å². The average molecular weight is 694 g/mol. The molecule has 0 aromatic carbocycles. The number of nitrogens with one attached hydrogen (secondary N) is 2. The van der Waals surface area contributed by atoms with E-state index in [1.54, 1.807) is 20.9 Å². The third-order valence-corrected chi connectivity index (χ3v) is 8.16. The van der Waals surface area contributed by atoms with Gasteiger partial charge >= 0.3 is 11.7 Å². The SMILES string of the molecule is CCNC(=O)[C@H]1O[C@@H](n2cnc3c(N)nc(NCCOc4ncc(CC(=O)c5nc6c(c(=O)n(C)c(=O)n6CC)n5C)cn4)nc32)[C@H](O)[C@@H]1O. The first-order valence-corrected chi connectivity index (χ1v) is 15.6. The summed E-state index contributed by atoms with van der Waals surface area (Å²) in [5.41, 5.74) is 6.23. The predicted molar refractivity (Wildman–Crippen MR) is 174 cm³/mol. The van der Waals surface area contributed by atoms with Gasteiger partial charge in [0.25, 0.3) is 11.5 Å². The van der Waals surface area contributed by atoms with Crippen LogP contribution in [-0.4, -0.2) is 108 Å². The number of ether oxygens (including phenoxy) is 2. The summed E-state index contributed by atoms with van der Waals surface area (Å²) in [6.45, 7) is 4.33. The number of nitrogens with two attached hydrogens (primary N) is 1. The molecule has 0 aliphatic carbocycles. The molecule has 1 amide bonds. The highest BCUT2D eigenvalue weighted by atomic mass is 16.6. The number of fused-ring (bicyclic) bond motifs is 2. The molecule has 50 heavy (non-hydrogen) atoms. The van der Waals surface area contributed by atoms with Crippen molar-refractivity contribution < 1.29 is 29.3 Å². The number of amides is 1. The second-order valence-electron chi connectivity index (χ2n) is 11.4. The first kappa shape index (κ1) is 34.1. The Morgan fingerprint density at radius 2 is 1.76 bits per heavy atom. The molecule has 6 N–H and O–H groups in total. The fraction of sp³-hybridized carbons (Fsp3) is 0.448. The number of hydrogen-bond donors (Lipinski definition) is 5. The molecule has 6 rings (SSSR count). The minimum absolute atomic E-state index is 0.0218. The monoisotopic (exact) mass is 693 g/mol. The molecule has 5 aromatic heterocycles. The second kappa shape index (κ2) is 13.6. The largest absolute Gasteiger partial charge is 0.462 e. The van der Waals surface area contributed by atoms with Gasteiger partial charge in [0.1, 0.15) is 24.3 Å². The van der Waals surface area contributed by atoms with Gasteiger partial charge in [-0.05, 0) is 19.4 Å². The molecular formula is C29H35N13O8. The number of rotatable bonds is 12. The molecule has 0 saturated carbocycles. The number of carbonyl (C=O) groups is 2. The molecule has 21 heteroatoms. The highest BCUT2D eigenvalue weighted by Crippen LogP contribution is 2.32. The molecule has 4 atom stereocenters. The standard InChI is InChI=1S/C29H35N13O8/c1-5-31-24(46)19-17(44)18(45)26(50-19)42-12-35-15-20(30)36-27(38-22(15)42)32-7-8-49-28-33-10-13(11-34-28)9-14(43)21-37-23-16(39(21)3)25(47)40(4)29(48)41(23)6-2/h10-12,17-19,26,44-45H,5-9H2,1-4H3,(H,31,46)(H3,30,32,36,38)/t17-,18+,19-,26+/m0/s1. The van der Waals surface area contributed by atoms with E-state index in [9.17, 15) is 29.4 Å². The quantitative estimate of drug-likeness (QED) is 0.0675. The summed E-state index contributed by atoms with van der Waals surface area (Å²) in [5, 5.41) is 26.6. The number of aliphatic hydroxyl groups is 2. The lowest BCUT2D eigenvalue weighted by Crippen LogP contribution is -2.42. The van der Waals surface area contributed by atoms with Gasteiger partial charge in [-0.1, -0.05) is 0 Å². The Bertz CT molecular complexity index is 2210. The third kappa shape index (κ3) is 6.01. The van der Waals surface area contributed by atoms with Crippen LogP contribution in [0.1, 0.15) is 36.3 Å². The van der Waals surface area contributed by atoms with Crippen LogP contribution in [0.4, 0.5) is 11.8 Å². The number of carbonyl (C=O) groups excluding carboxylic acids is 2. The van der Waals surface area contributed by atoms with E-state index >= 15 is 0 Å². The molecular weight excluding hydrogens is 658 g/mol. The summed E-state index contributed by atoms with van der Waals surface area (Å²) < 4.78 is 16.4. The Morgan fingerprint density at radius 1 is 1.02 bits per heavy atom. The van der Waals surface area contributed by atoms with Crippen molar-refractivity contribution in [1.82, 2.24) is 53.5 Å². The van der Waals surface area contributed by atoms with E-state index in [4.69, 9.17) is 15.2 Å². The van der Waals surface area contributed by atoms with E-state index < -0.39 is 47.5 Å². The van der Waals surface area contributed by atoms with Gasteiger partial charge in [0, 0.05) is 46.0 Å². The lowest BCUT2D eigenvalue weighted by Gasteiger charge is -2.16. The van der Waals surface area contributed by atoms with Crippen LogP contribution in [0, 0.1) is 0 Å². The molecule has 0 radical (unpaired) electrons. The van der Waals surface area contributed by atoms with Gasteiger partial charge in [0.2, 0.25) is 11.7 Å². The van der Waals surface area contributed by atoms with Crippen LogP contribution in [-0.2, 0) is 36.6 Å². The molecule has 0 spiro atoms. The maximum absolute atomic E-state index is 13.1. The molecule has 264 valence electrons. The number of ketones is 1. The fourth-order valence-corrected chi connectivity index (χ4v) is 5.63. The van der Waals surface area contributed by atoms with Gasteiger partial charge in [-0.25, -0.2) is 24.7 Å². The Morgan fingerprint density at radius 3 is 2.46 bits per heavy atom. The van der Waals surface area contributed by atoms with Crippen molar-refractivity contribution in [3.05, 3.63) is 50.9 Å². The van der Waals surface area contributed by atoms with Crippen molar-refractivity contribution in [1.29, 1.82) is 0 Å². The number of Topliss-reactive ketones (excluding diaryl/α,β-unsaturated/α-hetero) is 1. The van der Waals surface area contributed by atoms with Crippen molar-refractivity contribution in [2.45, 2.75) is 51.4 Å². The summed E-state index contributed by atoms with van der Waals surface area (Å²) in [7, 11) is 2.92. The molecule has 1 saturated heterocycles. The summed E-state index contributed by atoms with van der Waals surface area (Å²) in [6.07, 6.45) is -1.30. The molecule has 1 aliphatic heterocycles. The van der Waals surface area contributed by atoms with E-state index in [0.717, 1.165) is 4.57 Å². The zero-order chi connectivity index (χ0) is 35.9. The van der Waals surface area contributed by atoms with Gasteiger partial charge in [0.05, 0.1) is 12.9 Å². The topological polar surface area (TPSA) is 274 Å². The normalized spacial score (nSPS) is 18.9. The summed E-state index contributed by atoms with van der Waals surface area (Å²) in [5.74, 6) is -0.785. The minimum Gasteiger partial charge on any atom is -0.462 e. The molecule has 0 bridgehead atoms. The van der Waals surface area contributed by atoms with Gasteiger partial charge in [-0.15, -0.1) is 0 Å². The smallest absolute Gasteiger partial charge is 0.332 e. The molecule has 5 aromatic rings. The zero-order valence-corrected chi connectivity index (χ0v) is 27.5. The Hall–Kier alpha value is -5.80. The summed E-state index contributed by atoms with van der Waals surface area (Å²) in [6, 6.07) is 0.0442. The molecule has 1 fully saturated rings. The lowest BCUT2D eigenvalue weighted by molar-refractivity contribution is -0.137. The third-order valence-electron chi connectivity index (χ3n) is 8.16. The Labute approximate surface area is 281 Å². The van der Waals surface area contributed by atoms with Crippen LogP contribution in [0.25, 0.3) is 22.3 Å². The lowest BCUT2D eigenvalue weighted by atomic mass is 10.1. The maximum Gasteiger partial charge on any atom is 0.332 e. The average Bonchev–Trinajstić information content (AvgIpc) is 3.76. The van der Waals surface area contributed by atoms with E-state index in [2.05, 4.69) is 40.5 Å². The van der Waals surface area contributed by atoms with Crippen molar-refractivity contribution in [3.63, 3.8) is 0 Å². The first-order valence-electron chi connectivity index (χ1n) is 15.6. The van der Waals surface area contributed by atoms with Gasteiger partial charge in [-0.3, -0.25) is 28.1 Å². The van der Waals surface area contributed by atoms with Crippen LogP contribution in [0.5, 0.6) is 6.01 Å². The number of nitrogen functional groups attached to an aromatic ring is 1. The summed E-state index contributed by atoms with van der Waals surface area (Å²) >= 11 is 0. The number of aryl methyl sites for hydroxylation is 2. The maximum atomic E-state index is 13.1. The number of anilines is 2. The van der Waals surface area contributed by atoms with E-state index in [1.807, 2.05) is 0 Å². The first-order chi connectivity index (χ1) is 23.9. The predicted octanol–water partition coefficient (Wildman–Crippen LogP) is -2.36. The highest BCUT2D eigenvalue weighted by Gasteiger charge is 2.47. The Balaban J connectivity index is 1.07. The van der Waals surface area contributed by atoms with Crippen LogP contribution in [0.15, 0.2) is 28.3 Å². The number of hydrogen-bond acceptors (Lipinski definition) is 16. The van der Waals surface area contributed by atoms with Crippen molar-refractivity contribution in [2.24, 2.45) is 14.1 Å². The second-order valence-corrected chi connectivity index (χ2v) is 11.4. The van der Waals surface area contributed by atoms with Gasteiger partial charge < -0.3 is 40.6 Å². The van der Waals surface area contributed by atoms with Crippen molar-refractivity contribution >= 4 is 45.8 Å². The van der Waals surface area contributed by atoms with Crippen molar-refractivity contribution in [3.8, 4) is 6.01 Å². The fourth-order valence-electron chi connectivity index (χ4n) is 5.63. The molecule has 1 aliphatic rings. The van der Waals surface area contributed by atoms with Crippen LogP contribution in [0.3, 0.4) is 0 Å². The minimum atomic E-state index is -1.48. The van der Waals surface area contributed by atoms with Crippen molar-refractivity contribution in [2.75, 3.05) is 30.7 Å². The van der Waals surface area contributed by atoms with E-state index in [-0.39, 0.29) is 72.0 Å². The van der Waals surface area contributed by atoms with Gasteiger partial charge in [-0.2, -0.15) is 9.97 Å². The number of nitrogens with zero attached hydrogens (tertiary/aromatic N) is 10. The number of imidazole rings is 2. The van der Waals surface area contributed by atoms with Crippen LogP contribution in [0.2, 0.25) is 0 Å². The molecule has 6 heterocycles. The highest BCUT2D eigenvalue weighted by molar-refractivity contribution is 5.97. The van der Waals surface area contributed by atoms with Crippen LogP contribution < -0.4 is 32.4 Å².